The van der Waals surface area contributed by atoms with Gasteiger partial charge in [0, 0.05) is 17.4 Å². The van der Waals surface area contributed by atoms with Gasteiger partial charge in [-0.05, 0) is 49.4 Å². The Morgan fingerprint density at radius 3 is 2.71 bits per heavy atom. The normalized spacial score (nSPS) is 12.2. The largest absolute Gasteiger partial charge is 0.330 e. The minimum absolute atomic E-state index is 0.282. The number of hydrogen-bond acceptors (Lipinski definition) is 2. The van der Waals surface area contributed by atoms with Gasteiger partial charge in [0.2, 0.25) is 0 Å². The number of imidazole rings is 1. The number of benzene rings is 1. The van der Waals surface area contributed by atoms with Gasteiger partial charge in [0.25, 0.3) is 0 Å². The van der Waals surface area contributed by atoms with Crippen LogP contribution in [0.1, 0.15) is 45.9 Å². The van der Waals surface area contributed by atoms with E-state index < -0.39 is 0 Å². The van der Waals surface area contributed by atoms with E-state index >= 15 is 0 Å². The van der Waals surface area contributed by atoms with Crippen molar-refractivity contribution in [3.05, 3.63) is 28.5 Å². The molecule has 1 aromatic carbocycles. The van der Waals surface area contributed by atoms with Crippen molar-refractivity contribution in [1.82, 2.24) is 9.55 Å². The Kier molecular flexibility index (Phi) is 5.44. The van der Waals surface area contributed by atoms with E-state index in [1.54, 1.807) is 0 Å². The van der Waals surface area contributed by atoms with Crippen molar-refractivity contribution < 1.29 is 0 Å². The van der Waals surface area contributed by atoms with Crippen molar-refractivity contribution in [3.63, 3.8) is 0 Å². The number of halogens is 1. The smallest absolute Gasteiger partial charge is 0.109 e. The van der Waals surface area contributed by atoms with Crippen molar-refractivity contribution in [1.29, 1.82) is 0 Å². The maximum absolute atomic E-state index is 5.71. The highest BCUT2D eigenvalue weighted by atomic mass is 79.9. The van der Waals surface area contributed by atoms with Crippen molar-refractivity contribution in [2.24, 2.45) is 11.1 Å². The van der Waals surface area contributed by atoms with Gasteiger partial charge >= 0.3 is 0 Å². The molecular weight excluding hydrogens is 326 g/mol. The van der Waals surface area contributed by atoms with Gasteiger partial charge in [-0.25, -0.2) is 4.98 Å². The molecule has 2 aromatic rings. The summed E-state index contributed by atoms with van der Waals surface area (Å²) in [6.07, 6.45) is 4.32. The lowest BCUT2D eigenvalue weighted by atomic mass is 9.84. The van der Waals surface area contributed by atoms with E-state index in [1.165, 1.54) is 11.3 Å². The van der Waals surface area contributed by atoms with Crippen LogP contribution in [0.3, 0.4) is 0 Å². The van der Waals surface area contributed by atoms with Crippen LogP contribution in [0.4, 0.5) is 0 Å². The first-order valence-corrected chi connectivity index (χ1v) is 8.61. The Balaban J connectivity index is 2.27. The molecule has 0 aliphatic heterocycles. The molecule has 0 aliphatic rings. The number of nitrogens with zero attached hydrogens (tertiary/aromatic N) is 2. The second-order valence-corrected chi connectivity index (χ2v) is 7.43. The van der Waals surface area contributed by atoms with E-state index in [0.29, 0.717) is 0 Å². The maximum atomic E-state index is 5.71. The lowest BCUT2D eigenvalue weighted by Crippen LogP contribution is -2.18. The zero-order chi connectivity index (χ0) is 15.5. The van der Waals surface area contributed by atoms with E-state index in [1.807, 2.05) is 0 Å². The molecule has 1 aromatic heterocycles. The molecule has 0 amide bonds. The summed E-state index contributed by atoms with van der Waals surface area (Å²) in [5, 5.41) is 0. The molecule has 0 saturated heterocycles. The van der Waals surface area contributed by atoms with Crippen LogP contribution in [0.5, 0.6) is 0 Å². The van der Waals surface area contributed by atoms with Crippen molar-refractivity contribution in [2.45, 2.75) is 53.0 Å². The molecule has 21 heavy (non-hydrogen) atoms. The Bertz CT molecular complexity index is 601. The zero-order valence-corrected chi connectivity index (χ0v) is 14.9. The topological polar surface area (TPSA) is 43.8 Å². The summed E-state index contributed by atoms with van der Waals surface area (Å²) >= 11 is 3.53. The van der Waals surface area contributed by atoms with Crippen LogP contribution >= 0.6 is 15.9 Å². The Morgan fingerprint density at radius 2 is 2.05 bits per heavy atom. The third-order valence-electron chi connectivity index (χ3n) is 4.08. The minimum atomic E-state index is 0.282. The Morgan fingerprint density at radius 1 is 1.29 bits per heavy atom. The van der Waals surface area contributed by atoms with E-state index in [9.17, 15) is 0 Å². The molecule has 1 heterocycles. The van der Waals surface area contributed by atoms with E-state index in [2.05, 4.69) is 59.5 Å². The zero-order valence-electron chi connectivity index (χ0n) is 13.3. The quantitative estimate of drug-likeness (QED) is 0.796. The standard InChI is InChI=1S/C17H26BrN3/c1-4-11-21-15-6-5-13(18)12-14(15)20-16(21)7-8-17(2,3)9-10-19/h5-6,12H,4,7-11,19H2,1-3H3. The first-order valence-electron chi connectivity index (χ1n) is 7.81. The van der Waals surface area contributed by atoms with Crippen LogP contribution in [0.15, 0.2) is 22.7 Å². The lowest BCUT2D eigenvalue weighted by Gasteiger charge is -2.23. The summed E-state index contributed by atoms with van der Waals surface area (Å²) in [6.45, 7) is 8.59. The highest BCUT2D eigenvalue weighted by Gasteiger charge is 2.19. The van der Waals surface area contributed by atoms with E-state index in [4.69, 9.17) is 10.7 Å². The average molecular weight is 352 g/mol. The molecule has 0 radical (unpaired) electrons. The van der Waals surface area contributed by atoms with Crippen LogP contribution in [0.25, 0.3) is 11.0 Å². The van der Waals surface area contributed by atoms with Crippen molar-refractivity contribution in [3.8, 4) is 0 Å². The van der Waals surface area contributed by atoms with Gasteiger partial charge in [-0.2, -0.15) is 0 Å². The number of aromatic nitrogens is 2. The minimum Gasteiger partial charge on any atom is -0.330 e. The molecule has 0 atom stereocenters. The Hall–Kier alpha value is -0.870. The Labute approximate surface area is 136 Å². The molecule has 0 saturated carbocycles. The van der Waals surface area contributed by atoms with Crippen LogP contribution in [0, 0.1) is 5.41 Å². The third kappa shape index (κ3) is 4.07. The molecule has 2 rings (SSSR count). The SMILES string of the molecule is CCCn1c(CCC(C)(C)CCN)nc2cc(Br)ccc21. The number of hydrogen-bond donors (Lipinski definition) is 1. The van der Waals surface area contributed by atoms with Gasteiger partial charge in [0.1, 0.15) is 5.82 Å². The van der Waals surface area contributed by atoms with Crippen LogP contribution in [0.2, 0.25) is 0 Å². The average Bonchev–Trinajstić information content (AvgIpc) is 2.74. The van der Waals surface area contributed by atoms with Gasteiger partial charge in [0.05, 0.1) is 11.0 Å². The number of fused-ring (bicyclic) bond motifs is 1. The summed E-state index contributed by atoms with van der Waals surface area (Å²) < 4.78 is 3.46. The highest BCUT2D eigenvalue weighted by Crippen LogP contribution is 2.28. The fraction of sp³-hybridized carbons (Fsp3) is 0.588. The van der Waals surface area contributed by atoms with Crippen LogP contribution in [-0.4, -0.2) is 16.1 Å². The molecule has 0 fully saturated rings. The maximum Gasteiger partial charge on any atom is 0.109 e. The first kappa shape index (κ1) is 16.5. The number of rotatable bonds is 7. The predicted molar refractivity (Wildman–Crippen MR) is 93.5 cm³/mol. The van der Waals surface area contributed by atoms with Gasteiger partial charge in [-0.3, -0.25) is 0 Å². The second kappa shape index (κ2) is 6.93. The predicted octanol–water partition coefficient (Wildman–Crippen LogP) is 4.52. The summed E-state index contributed by atoms with van der Waals surface area (Å²) in [6, 6.07) is 6.37. The fourth-order valence-corrected chi connectivity index (χ4v) is 3.13. The van der Waals surface area contributed by atoms with Gasteiger partial charge in [-0.15, -0.1) is 0 Å². The molecular formula is C17H26BrN3. The first-order chi connectivity index (χ1) is 9.96. The van der Waals surface area contributed by atoms with Crippen molar-refractivity contribution >= 4 is 27.0 Å². The third-order valence-corrected chi connectivity index (χ3v) is 4.58. The monoisotopic (exact) mass is 351 g/mol. The van der Waals surface area contributed by atoms with Crippen molar-refractivity contribution in [2.75, 3.05) is 6.54 Å². The number of nitrogens with two attached hydrogens (primary N) is 1. The van der Waals surface area contributed by atoms with Gasteiger partial charge in [-0.1, -0.05) is 36.7 Å². The molecule has 2 N–H and O–H groups in total. The summed E-state index contributed by atoms with van der Waals surface area (Å²) in [7, 11) is 0. The summed E-state index contributed by atoms with van der Waals surface area (Å²) in [4.78, 5) is 4.86. The molecule has 3 nitrogen and oxygen atoms in total. The van der Waals surface area contributed by atoms with Gasteiger partial charge < -0.3 is 10.3 Å². The van der Waals surface area contributed by atoms with E-state index in [-0.39, 0.29) is 5.41 Å². The van der Waals surface area contributed by atoms with Gasteiger partial charge in [0.15, 0.2) is 0 Å². The second-order valence-electron chi connectivity index (χ2n) is 6.52. The van der Waals surface area contributed by atoms with Crippen LogP contribution in [-0.2, 0) is 13.0 Å². The molecule has 4 heteroatoms. The summed E-state index contributed by atoms with van der Waals surface area (Å²) in [5.41, 5.74) is 8.33. The molecule has 0 aliphatic carbocycles. The summed E-state index contributed by atoms with van der Waals surface area (Å²) in [5.74, 6) is 1.20. The highest BCUT2D eigenvalue weighted by molar-refractivity contribution is 9.10. The molecule has 0 unspecified atom stereocenters. The fourth-order valence-electron chi connectivity index (χ4n) is 2.78. The number of aryl methyl sites for hydroxylation is 2. The molecule has 0 spiro atoms. The van der Waals surface area contributed by atoms with E-state index in [0.717, 1.165) is 48.8 Å². The molecule has 116 valence electrons. The van der Waals surface area contributed by atoms with Crippen LogP contribution < -0.4 is 5.73 Å². The molecule has 0 bridgehead atoms. The lowest BCUT2D eigenvalue weighted by molar-refractivity contribution is 0.309.